The number of nitrogens with two attached hydrogens (primary N) is 1. The average Bonchev–Trinajstić information content (AvgIpc) is 2.94. The summed E-state index contributed by atoms with van der Waals surface area (Å²) in [5.74, 6) is -2.71. The van der Waals surface area contributed by atoms with Crippen LogP contribution < -0.4 is 15.3 Å². The fourth-order valence-electron chi connectivity index (χ4n) is 5.92. The summed E-state index contributed by atoms with van der Waals surface area (Å²) in [5, 5.41) is 49.0. The number of hydrazone groups is 1. The number of phenolic OH excluding ortho intramolecular Hbond substituents is 2. The van der Waals surface area contributed by atoms with Crippen LogP contribution in [0.5, 0.6) is 17.2 Å². The van der Waals surface area contributed by atoms with Crippen molar-refractivity contribution in [2.45, 2.75) is 69.4 Å². The zero-order valence-corrected chi connectivity index (χ0v) is 24.6. The van der Waals surface area contributed by atoms with E-state index in [9.17, 15) is 38.4 Å². The molecule has 0 spiro atoms. The van der Waals surface area contributed by atoms with Crippen molar-refractivity contribution in [1.82, 2.24) is 4.83 Å². The van der Waals surface area contributed by atoms with Crippen LogP contribution in [0.1, 0.15) is 75.8 Å². The number of ether oxygens (including phenoxy) is 3. The molecule has 1 saturated heterocycles. The highest BCUT2D eigenvalue weighted by molar-refractivity contribution is 7.88. The molecule has 15 heteroatoms. The number of nitrogens with one attached hydrogen (secondary N) is 1. The third-order valence-corrected chi connectivity index (χ3v) is 8.62. The highest BCUT2D eigenvalue weighted by Gasteiger charge is 2.49. The van der Waals surface area contributed by atoms with Gasteiger partial charge in [-0.25, -0.2) is 13.2 Å². The largest absolute Gasteiger partial charge is 0.507 e. The Labute approximate surface area is 247 Å². The number of benzene rings is 2. The summed E-state index contributed by atoms with van der Waals surface area (Å²) in [6, 6.07) is 3.66. The van der Waals surface area contributed by atoms with Crippen LogP contribution in [0.4, 0.5) is 0 Å². The Bertz CT molecular complexity index is 1650. The number of ketones is 2. The van der Waals surface area contributed by atoms with Gasteiger partial charge in [0.2, 0.25) is 15.8 Å². The lowest BCUT2D eigenvalue weighted by Gasteiger charge is -2.42. The van der Waals surface area contributed by atoms with Crippen molar-refractivity contribution in [3.63, 3.8) is 0 Å². The van der Waals surface area contributed by atoms with Crippen LogP contribution >= 0.6 is 0 Å². The van der Waals surface area contributed by atoms with E-state index in [2.05, 4.69) is 5.10 Å². The quantitative estimate of drug-likeness (QED) is 0.125. The minimum Gasteiger partial charge on any atom is -0.507 e. The standard InChI is InChI=1S/C28H33N3O11S/c1-11-23(32)15(29)8-18(41-11)42-17-10-28(37,12(2)30-31-43(4,38)39)9-14-20(17)27(36)22-21(25(14)34)24(33)13-6-5-7-16(40-3)19(13)26(22)35/h5-7,11,15,17-18,23,31-32,34,36-37H,8-10,29H2,1-4H3/b30-12+/t11?,15?,17-,18?,23?,28-/m1/s1. The van der Waals surface area contributed by atoms with Crippen molar-refractivity contribution in [3.05, 3.63) is 51.6 Å². The highest BCUT2D eigenvalue weighted by atomic mass is 32.2. The van der Waals surface area contributed by atoms with E-state index in [0.29, 0.717) is 0 Å². The predicted molar refractivity (Wildman–Crippen MR) is 151 cm³/mol. The molecule has 0 radical (unpaired) electrons. The van der Waals surface area contributed by atoms with E-state index >= 15 is 0 Å². The maximum atomic E-state index is 13.8. The van der Waals surface area contributed by atoms with Gasteiger partial charge in [0.05, 0.1) is 54.1 Å². The fourth-order valence-corrected chi connectivity index (χ4v) is 6.22. The summed E-state index contributed by atoms with van der Waals surface area (Å²) in [4.78, 5) is 29.4. The molecule has 5 rings (SSSR count). The van der Waals surface area contributed by atoms with Crippen molar-refractivity contribution >= 4 is 27.3 Å². The van der Waals surface area contributed by atoms with Gasteiger partial charge in [0.1, 0.15) is 22.8 Å². The van der Waals surface area contributed by atoms with E-state index in [1.54, 1.807) is 6.92 Å². The van der Waals surface area contributed by atoms with Gasteiger partial charge in [-0.15, -0.1) is 0 Å². The Balaban J connectivity index is 1.69. The van der Waals surface area contributed by atoms with Crippen LogP contribution in [0.2, 0.25) is 0 Å². The van der Waals surface area contributed by atoms with Crippen molar-refractivity contribution in [2.75, 3.05) is 13.4 Å². The Morgan fingerprint density at radius 1 is 1.16 bits per heavy atom. The predicted octanol–water partition coefficient (Wildman–Crippen LogP) is 0.365. The molecule has 0 aromatic heterocycles. The normalized spacial score (nSPS) is 29.0. The van der Waals surface area contributed by atoms with Gasteiger partial charge in [-0.05, 0) is 19.9 Å². The van der Waals surface area contributed by atoms with Crippen LogP contribution in [-0.4, -0.2) is 89.6 Å². The third kappa shape index (κ3) is 5.25. The molecule has 0 amide bonds. The molecule has 4 unspecified atom stereocenters. The van der Waals surface area contributed by atoms with Crippen LogP contribution in [0.15, 0.2) is 23.3 Å². The second-order valence-corrected chi connectivity index (χ2v) is 12.9. The Morgan fingerprint density at radius 3 is 2.47 bits per heavy atom. The molecular weight excluding hydrogens is 586 g/mol. The molecule has 1 fully saturated rings. The number of rotatable bonds is 6. The van der Waals surface area contributed by atoms with Crippen molar-refractivity contribution in [2.24, 2.45) is 10.8 Å². The molecule has 2 aliphatic carbocycles. The zero-order chi connectivity index (χ0) is 31.6. The number of carbonyl (C=O) groups is 2. The van der Waals surface area contributed by atoms with Gasteiger partial charge in [0.15, 0.2) is 12.1 Å². The number of aliphatic hydroxyl groups is 2. The molecule has 1 aliphatic heterocycles. The molecule has 1 heterocycles. The summed E-state index contributed by atoms with van der Waals surface area (Å²) in [6.45, 7) is 2.95. The molecule has 7 N–H and O–H groups in total. The first-order valence-electron chi connectivity index (χ1n) is 13.4. The number of hydrogen-bond acceptors (Lipinski definition) is 13. The second kappa shape index (κ2) is 10.8. The summed E-state index contributed by atoms with van der Waals surface area (Å²) in [7, 11) is -2.47. The maximum Gasteiger partial charge on any atom is 0.244 e. The van der Waals surface area contributed by atoms with E-state index in [0.717, 1.165) is 6.26 Å². The number of fused-ring (bicyclic) bond motifs is 3. The molecule has 6 atom stereocenters. The van der Waals surface area contributed by atoms with Crippen LogP contribution in [0.3, 0.4) is 0 Å². The number of aliphatic hydroxyl groups excluding tert-OH is 1. The summed E-state index contributed by atoms with van der Waals surface area (Å²) >= 11 is 0. The Kier molecular flexibility index (Phi) is 7.77. The zero-order valence-electron chi connectivity index (χ0n) is 23.8. The lowest BCUT2D eigenvalue weighted by Crippen LogP contribution is -2.52. The van der Waals surface area contributed by atoms with E-state index in [1.807, 2.05) is 4.83 Å². The number of carbonyl (C=O) groups excluding carboxylic acids is 2. The van der Waals surface area contributed by atoms with Crippen molar-refractivity contribution < 1.29 is 52.6 Å². The van der Waals surface area contributed by atoms with E-state index in [1.165, 1.54) is 32.2 Å². The smallest absolute Gasteiger partial charge is 0.244 e. The molecule has 0 saturated carbocycles. The first-order chi connectivity index (χ1) is 20.1. The molecule has 2 aromatic rings. The van der Waals surface area contributed by atoms with Crippen LogP contribution in [0, 0.1) is 0 Å². The second-order valence-electron chi connectivity index (χ2n) is 11.1. The van der Waals surface area contributed by atoms with E-state index < -0.39 is 86.9 Å². The number of methoxy groups -OCH3 is 1. The minimum atomic E-state index is -3.79. The van der Waals surface area contributed by atoms with Crippen LogP contribution in [0.25, 0.3) is 0 Å². The maximum absolute atomic E-state index is 13.8. The van der Waals surface area contributed by atoms with Crippen molar-refractivity contribution in [1.29, 1.82) is 0 Å². The monoisotopic (exact) mass is 619 g/mol. The SMILES string of the molecule is COc1cccc2c1C(=O)c1c(O)c3c(c(O)c1C2=O)C[C@](O)(/C(C)=N/NS(C)(=O)=O)C[C@H]3OC1CC(N)C(O)C(C)O1. The van der Waals surface area contributed by atoms with Gasteiger partial charge in [0.25, 0.3) is 0 Å². The number of sulfonamides is 1. The Morgan fingerprint density at radius 2 is 1.84 bits per heavy atom. The molecule has 0 bridgehead atoms. The van der Waals surface area contributed by atoms with Gasteiger partial charge < -0.3 is 40.4 Å². The molecule has 2 aromatic carbocycles. The lowest BCUT2D eigenvalue weighted by molar-refractivity contribution is -0.245. The number of nitrogens with zero attached hydrogens (tertiary/aromatic N) is 1. The molecular formula is C28H33N3O11S. The van der Waals surface area contributed by atoms with Crippen molar-refractivity contribution in [3.8, 4) is 17.2 Å². The van der Waals surface area contributed by atoms with Gasteiger partial charge in [0, 0.05) is 42.0 Å². The van der Waals surface area contributed by atoms with Gasteiger partial charge in [-0.2, -0.15) is 5.10 Å². The molecule has 14 nitrogen and oxygen atoms in total. The average molecular weight is 620 g/mol. The van der Waals surface area contributed by atoms with Gasteiger partial charge >= 0.3 is 0 Å². The summed E-state index contributed by atoms with van der Waals surface area (Å²) in [5.41, 5.74) is 2.79. The van der Waals surface area contributed by atoms with Gasteiger partial charge in [-0.1, -0.05) is 12.1 Å². The first-order valence-corrected chi connectivity index (χ1v) is 15.3. The van der Waals surface area contributed by atoms with E-state index in [4.69, 9.17) is 19.9 Å². The lowest BCUT2D eigenvalue weighted by atomic mass is 9.72. The van der Waals surface area contributed by atoms with Gasteiger partial charge in [-0.3, -0.25) is 9.59 Å². The third-order valence-electron chi connectivity index (χ3n) is 8.20. The number of phenols is 2. The fraction of sp³-hybridized carbons (Fsp3) is 0.464. The summed E-state index contributed by atoms with van der Waals surface area (Å²) in [6.07, 6.45) is -3.89. The number of hydrogen-bond donors (Lipinski definition) is 6. The first kappa shape index (κ1) is 30.8. The topological polar surface area (TPSA) is 227 Å². The molecule has 3 aliphatic rings. The highest BCUT2D eigenvalue weighted by Crippen LogP contribution is 2.52. The number of aromatic hydroxyl groups is 2. The summed E-state index contributed by atoms with van der Waals surface area (Å²) < 4.78 is 40.6. The van der Waals surface area contributed by atoms with Crippen LogP contribution in [-0.2, 0) is 25.9 Å². The van der Waals surface area contributed by atoms with E-state index in [-0.39, 0.29) is 46.6 Å². The Hall–Kier alpha value is -3.60. The molecule has 43 heavy (non-hydrogen) atoms. The minimum absolute atomic E-state index is 0.0259. The molecule has 232 valence electrons.